The van der Waals surface area contributed by atoms with Gasteiger partial charge in [0.05, 0.1) is 5.69 Å². The van der Waals surface area contributed by atoms with Crippen molar-refractivity contribution >= 4 is 6.01 Å². The monoisotopic (exact) mass is 294 g/mol. The summed E-state index contributed by atoms with van der Waals surface area (Å²) in [5.74, 6) is 1.41. The summed E-state index contributed by atoms with van der Waals surface area (Å²) in [5.41, 5.74) is 0.987. The summed E-state index contributed by atoms with van der Waals surface area (Å²) >= 11 is 0. The number of hydrogen-bond acceptors (Lipinski definition) is 5. The molecule has 1 aromatic heterocycles. The first-order chi connectivity index (χ1) is 10.0. The van der Waals surface area contributed by atoms with E-state index in [0.29, 0.717) is 5.92 Å². The van der Waals surface area contributed by atoms with Crippen molar-refractivity contribution < 1.29 is 4.42 Å². The van der Waals surface area contributed by atoms with E-state index in [-0.39, 0.29) is 0 Å². The Bertz CT molecular complexity index is 410. The van der Waals surface area contributed by atoms with Crippen LogP contribution in [0.15, 0.2) is 10.7 Å². The van der Waals surface area contributed by atoms with Crippen LogP contribution in [0.1, 0.15) is 32.4 Å². The van der Waals surface area contributed by atoms with Gasteiger partial charge >= 0.3 is 0 Å². The van der Waals surface area contributed by atoms with Crippen LogP contribution in [0.2, 0.25) is 0 Å². The normalized spacial score (nSPS) is 17.6. The molecule has 2 heterocycles. The van der Waals surface area contributed by atoms with Gasteiger partial charge in [-0.3, -0.25) is 0 Å². The van der Waals surface area contributed by atoms with Crippen molar-refractivity contribution in [1.29, 1.82) is 0 Å². The Labute approximate surface area is 128 Å². The van der Waals surface area contributed by atoms with Gasteiger partial charge < -0.3 is 19.5 Å². The molecule has 0 spiro atoms. The van der Waals surface area contributed by atoms with E-state index < -0.39 is 0 Å². The van der Waals surface area contributed by atoms with Crippen LogP contribution in [0.4, 0.5) is 6.01 Å². The number of piperidine rings is 1. The van der Waals surface area contributed by atoms with Gasteiger partial charge in [0.2, 0.25) is 0 Å². The number of nitrogens with zero attached hydrogens (tertiary/aromatic N) is 3. The first-order valence-corrected chi connectivity index (χ1v) is 8.09. The van der Waals surface area contributed by atoms with Crippen molar-refractivity contribution in [2.45, 2.75) is 33.2 Å². The maximum absolute atomic E-state index is 5.61. The van der Waals surface area contributed by atoms with E-state index in [1.165, 1.54) is 25.9 Å². The molecule has 0 bridgehead atoms. The van der Waals surface area contributed by atoms with Gasteiger partial charge in [-0.25, -0.2) is 0 Å². The SMILES string of the molecule is CC(C)CNCc1coc(N(C)CC2CCN(C)CC2)n1. The van der Waals surface area contributed by atoms with Gasteiger partial charge in [-0.05, 0) is 51.4 Å². The minimum atomic E-state index is 0.656. The number of nitrogens with one attached hydrogen (secondary N) is 1. The molecule has 21 heavy (non-hydrogen) atoms. The van der Waals surface area contributed by atoms with Crippen LogP contribution in [0.5, 0.6) is 0 Å². The van der Waals surface area contributed by atoms with E-state index in [9.17, 15) is 0 Å². The molecule has 0 atom stereocenters. The van der Waals surface area contributed by atoms with Crippen molar-refractivity contribution in [3.63, 3.8) is 0 Å². The summed E-state index contributed by atoms with van der Waals surface area (Å²) in [6.45, 7) is 9.64. The Balaban J connectivity index is 1.77. The van der Waals surface area contributed by atoms with Crippen LogP contribution < -0.4 is 10.2 Å². The van der Waals surface area contributed by atoms with Crippen molar-refractivity contribution in [1.82, 2.24) is 15.2 Å². The summed E-state index contributed by atoms with van der Waals surface area (Å²) in [7, 11) is 4.28. The first kappa shape index (κ1) is 16.3. The fraction of sp³-hybridized carbons (Fsp3) is 0.812. The van der Waals surface area contributed by atoms with Gasteiger partial charge in [-0.15, -0.1) is 0 Å². The second-order valence-electron chi connectivity index (χ2n) is 6.77. The number of hydrogen-bond donors (Lipinski definition) is 1. The molecule has 1 fully saturated rings. The van der Waals surface area contributed by atoms with E-state index >= 15 is 0 Å². The van der Waals surface area contributed by atoms with E-state index in [4.69, 9.17) is 4.42 Å². The van der Waals surface area contributed by atoms with Crippen LogP contribution in [0.3, 0.4) is 0 Å². The van der Waals surface area contributed by atoms with Gasteiger partial charge in [0.25, 0.3) is 6.01 Å². The molecule has 0 saturated carbocycles. The van der Waals surface area contributed by atoms with Gasteiger partial charge in [0, 0.05) is 20.1 Å². The number of likely N-dealkylation sites (tertiary alicyclic amines) is 1. The second kappa shape index (κ2) is 7.80. The maximum Gasteiger partial charge on any atom is 0.297 e. The topological polar surface area (TPSA) is 44.5 Å². The molecule has 0 aliphatic carbocycles. The van der Waals surface area contributed by atoms with Crippen LogP contribution in [-0.4, -0.2) is 50.2 Å². The Hall–Kier alpha value is -1.07. The van der Waals surface area contributed by atoms with E-state index in [0.717, 1.165) is 37.3 Å². The molecule has 5 nitrogen and oxygen atoms in total. The molecule has 1 aromatic rings. The highest BCUT2D eigenvalue weighted by molar-refractivity contribution is 5.25. The zero-order valence-electron chi connectivity index (χ0n) is 13.9. The number of rotatable bonds is 7. The van der Waals surface area contributed by atoms with Gasteiger partial charge in [0.15, 0.2) is 0 Å². The minimum absolute atomic E-state index is 0.656. The Morgan fingerprint density at radius 1 is 1.43 bits per heavy atom. The summed E-state index contributed by atoms with van der Waals surface area (Å²) in [6, 6.07) is 0.746. The summed E-state index contributed by atoms with van der Waals surface area (Å²) < 4.78 is 5.61. The lowest BCUT2D eigenvalue weighted by atomic mass is 9.97. The summed E-state index contributed by atoms with van der Waals surface area (Å²) in [5, 5.41) is 3.39. The average molecular weight is 294 g/mol. The van der Waals surface area contributed by atoms with Crippen LogP contribution in [-0.2, 0) is 6.54 Å². The molecule has 1 saturated heterocycles. The zero-order valence-corrected chi connectivity index (χ0v) is 13.9. The van der Waals surface area contributed by atoms with Crippen molar-refractivity contribution in [2.24, 2.45) is 11.8 Å². The lowest BCUT2D eigenvalue weighted by Gasteiger charge is -2.31. The van der Waals surface area contributed by atoms with Crippen LogP contribution in [0, 0.1) is 11.8 Å². The minimum Gasteiger partial charge on any atom is -0.432 e. The Morgan fingerprint density at radius 2 is 2.14 bits per heavy atom. The Morgan fingerprint density at radius 3 is 2.81 bits per heavy atom. The molecule has 0 amide bonds. The molecule has 0 aromatic carbocycles. The zero-order chi connectivity index (χ0) is 15.2. The smallest absolute Gasteiger partial charge is 0.297 e. The van der Waals surface area contributed by atoms with Crippen LogP contribution >= 0.6 is 0 Å². The predicted molar refractivity (Wildman–Crippen MR) is 86.5 cm³/mol. The average Bonchev–Trinajstić information content (AvgIpc) is 2.90. The molecule has 0 radical (unpaired) electrons. The lowest BCUT2D eigenvalue weighted by molar-refractivity contribution is 0.221. The second-order valence-corrected chi connectivity index (χ2v) is 6.77. The third-order valence-electron chi connectivity index (χ3n) is 4.10. The third-order valence-corrected chi connectivity index (χ3v) is 4.10. The van der Waals surface area contributed by atoms with Crippen molar-refractivity contribution in [3.05, 3.63) is 12.0 Å². The van der Waals surface area contributed by atoms with Gasteiger partial charge in [-0.2, -0.15) is 4.98 Å². The molecule has 1 N–H and O–H groups in total. The highest BCUT2D eigenvalue weighted by atomic mass is 16.4. The fourth-order valence-electron chi connectivity index (χ4n) is 2.75. The number of oxazole rings is 1. The van der Waals surface area contributed by atoms with E-state index in [1.54, 1.807) is 6.26 Å². The highest BCUT2D eigenvalue weighted by Crippen LogP contribution is 2.20. The number of aromatic nitrogens is 1. The van der Waals surface area contributed by atoms with Gasteiger partial charge in [0.1, 0.15) is 6.26 Å². The third kappa shape index (κ3) is 5.32. The highest BCUT2D eigenvalue weighted by Gasteiger charge is 2.20. The molecule has 5 heteroatoms. The van der Waals surface area contributed by atoms with E-state index in [2.05, 4.69) is 48.0 Å². The molecule has 1 aliphatic heterocycles. The Kier molecular flexibility index (Phi) is 6.06. The largest absolute Gasteiger partial charge is 0.432 e. The molecular weight excluding hydrogens is 264 g/mol. The predicted octanol–water partition coefficient (Wildman–Crippen LogP) is 2.20. The van der Waals surface area contributed by atoms with Crippen LogP contribution in [0.25, 0.3) is 0 Å². The van der Waals surface area contributed by atoms with E-state index in [1.807, 2.05) is 0 Å². The fourth-order valence-corrected chi connectivity index (χ4v) is 2.75. The standard InChI is InChI=1S/C16H30N4O/c1-13(2)9-17-10-15-12-21-16(18-15)20(4)11-14-5-7-19(3)8-6-14/h12-14,17H,5-11H2,1-4H3. The molecule has 120 valence electrons. The summed E-state index contributed by atoms with van der Waals surface area (Å²) in [6.07, 6.45) is 4.31. The number of anilines is 1. The molecule has 2 rings (SSSR count). The first-order valence-electron chi connectivity index (χ1n) is 8.09. The quantitative estimate of drug-likeness (QED) is 0.835. The summed E-state index contributed by atoms with van der Waals surface area (Å²) in [4.78, 5) is 9.13. The molecule has 1 aliphatic rings. The van der Waals surface area contributed by atoms with Gasteiger partial charge in [-0.1, -0.05) is 13.8 Å². The van der Waals surface area contributed by atoms with Crippen molar-refractivity contribution in [3.8, 4) is 0 Å². The maximum atomic E-state index is 5.61. The molecule has 0 unspecified atom stereocenters. The van der Waals surface area contributed by atoms with Crippen molar-refractivity contribution in [2.75, 3.05) is 45.2 Å². The lowest BCUT2D eigenvalue weighted by Crippen LogP contribution is -2.35. The molecular formula is C16H30N4O.